The molecule has 2 heterocycles. The van der Waals surface area contributed by atoms with E-state index in [1.165, 1.54) is 18.1 Å². The van der Waals surface area contributed by atoms with Crippen LogP contribution in [0.1, 0.15) is 69.7 Å². The van der Waals surface area contributed by atoms with Crippen molar-refractivity contribution in [3.05, 3.63) is 95.6 Å². The summed E-state index contributed by atoms with van der Waals surface area (Å²) in [7, 11) is 1.52. The van der Waals surface area contributed by atoms with Crippen LogP contribution in [0.3, 0.4) is 0 Å². The molecule has 0 radical (unpaired) electrons. The van der Waals surface area contributed by atoms with Crippen LogP contribution < -0.4 is 10.0 Å². The number of methoxy groups -OCH3 is 1. The van der Waals surface area contributed by atoms with Crippen LogP contribution >= 0.6 is 0 Å². The second-order valence-corrected chi connectivity index (χ2v) is 15.0. The number of nitrogens with one attached hydrogen (secondary N) is 2. The maximum atomic E-state index is 15.4. The third kappa shape index (κ3) is 8.06. The fourth-order valence-corrected chi connectivity index (χ4v) is 6.61. The van der Waals surface area contributed by atoms with E-state index in [1.54, 1.807) is 18.3 Å². The van der Waals surface area contributed by atoms with Gasteiger partial charge in [-0.2, -0.15) is 0 Å². The topological polar surface area (TPSA) is 116 Å². The Labute approximate surface area is 273 Å². The molecule has 1 saturated carbocycles. The molecule has 2 unspecified atom stereocenters. The number of hydrogen-bond donors (Lipinski definition) is 2. The molecule has 246 valence electrons. The Hall–Kier alpha value is -3.51. The van der Waals surface area contributed by atoms with Crippen LogP contribution in [0.4, 0.5) is 14.9 Å². The molecule has 1 aromatic heterocycles. The number of anilines is 1. The van der Waals surface area contributed by atoms with Crippen LogP contribution in [0.25, 0.3) is 0 Å². The molecule has 11 heteroatoms. The lowest BCUT2D eigenvalue weighted by Crippen LogP contribution is -2.52. The monoisotopic (exact) mass is 650 g/mol. The van der Waals surface area contributed by atoms with Gasteiger partial charge in [0.2, 0.25) is 5.91 Å². The number of carbonyl (C=O) groups is 2. The maximum absolute atomic E-state index is 15.4. The molecule has 2 aromatic carbocycles. The van der Waals surface area contributed by atoms with E-state index in [1.807, 2.05) is 69.3 Å². The Balaban J connectivity index is 1.43. The first kappa shape index (κ1) is 33.8. The van der Waals surface area contributed by atoms with Gasteiger partial charge in [0.15, 0.2) is 0 Å². The Morgan fingerprint density at radius 1 is 1.09 bits per heavy atom. The Bertz CT molecular complexity index is 1490. The highest BCUT2D eigenvalue weighted by atomic mass is 32.2. The van der Waals surface area contributed by atoms with E-state index < -0.39 is 45.5 Å². The molecule has 2 N–H and O–H groups in total. The number of halogens is 1. The predicted molar refractivity (Wildman–Crippen MR) is 176 cm³/mol. The molecule has 1 aliphatic heterocycles. The van der Waals surface area contributed by atoms with Crippen LogP contribution in [-0.4, -0.2) is 57.0 Å². The zero-order valence-electron chi connectivity index (χ0n) is 26.8. The summed E-state index contributed by atoms with van der Waals surface area (Å²) in [6.07, 6.45) is 4.61. The summed E-state index contributed by atoms with van der Waals surface area (Å²) in [4.78, 5) is 32.8. The number of aromatic nitrogens is 1. The molecule has 0 spiro atoms. The lowest BCUT2D eigenvalue weighted by Gasteiger charge is -2.38. The molecule has 1 aliphatic carbocycles. The van der Waals surface area contributed by atoms with Crippen molar-refractivity contribution in [3.63, 3.8) is 0 Å². The number of likely N-dealkylation sites (tertiary alicyclic amines) is 1. The third-order valence-electron chi connectivity index (χ3n) is 8.61. The molecule has 2 amide bonds. The molecule has 46 heavy (non-hydrogen) atoms. The second kappa shape index (κ2) is 14.5. The minimum atomic E-state index is -1.50. The summed E-state index contributed by atoms with van der Waals surface area (Å²) in [5.74, 6) is -0.623. The van der Waals surface area contributed by atoms with E-state index in [9.17, 15) is 14.1 Å². The largest absolute Gasteiger partial charge is 0.598 e. The lowest BCUT2D eigenvalue weighted by molar-refractivity contribution is -0.120. The van der Waals surface area contributed by atoms with Gasteiger partial charge in [0, 0.05) is 31.1 Å². The maximum Gasteiger partial charge on any atom is 0.410 e. The third-order valence-corrected chi connectivity index (χ3v) is 10.3. The van der Waals surface area contributed by atoms with E-state index in [4.69, 9.17) is 9.47 Å². The summed E-state index contributed by atoms with van der Waals surface area (Å²) in [5, 5.41) is 2.74. The molecule has 2 aliphatic rings. The molecule has 0 bridgehead atoms. The van der Waals surface area contributed by atoms with E-state index in [0.29, 0.717) is 23.6 Å². The van der Waals surface area contributed by atoms with Crippen LogP contribution in [0.2, 0.25) is 0 Å². The number of nitrogens with zero attached hydrogens (tertiary/aromatic N) is 2. The van der Waals surface area contributed by atoms with Gasteiger partial charge in [0.25, 0.3) is 0 Å². The molecule has 3 aromatic rings. The Kier molecular flexibility index (Phi) is 10.7. The summed E-state index contributed by atoms with van der Waals surface area (Å²) in [5.41, 5.74) is 1.04. The number of ether oxygens (including phenoxy) is 2. The quantitative estimate of drug-likeness (QED) is 0.229. The van der Waals surface area contributed by atoms with Gasteiger partial charge in [-0.3, -0.25) is 14.7 Å². The van der Waals surface area contributed by atoms with Gasteiger partial charge in [0.05, 0.1) is 24.0 Å². The first-order valence-corrected chi connectivity index (χ1v) is 16.9. The van der Waals surface area contributed by atoms with E-state index in [-0.39, 0.29) is 31.4 Å². The zero-order chi connectivity index (χ0) is 32.9. The average Bonchev–Trinajstić information content (AvgIpc) is 3.78. The van der Waals surface area contributed by atoms with E-state index in [2.05, 4.69) is 15.0 Å². The number of hydrogen-bond acceptors (Lipinski definition) is 7. The molecule has 2 fully saturated rings. The van der Waals surface area contributed by atoms with Crippen molar-refractivity contribution < 1.29 is 28.0 Å². The van der Waals surface area contributed by atoms with Crippen LogP contribution in [0.5, 0.6) is 0 Å². The highest BCUT2D eigenvalue weighted by Gasteiger charge is 2.45. The van der Waals surface area contributed by atoms with Crippen molar-refractivity contribution in [1.29, 1.82) is 0 Å². The summed E-state index contributed by atoms with van der Waals surface area (Å²) in [6.45, 7) is 5.89. The van der Waals surface area contributed by atoms with Crippen LogP contribution in [0, 0.1) is 11.7 Å². The van der Waals surface area contributed by atoms with Gasteiger partial charge >= 0.3 is 6.09 Å². The fourth-order valence-electron chi connectivity index (χ4n) is 5.66. The van der Waals surface area contributed by atoms with Crippen LogP contribution in [-0.2, 0) is 37.8 Å². The molecule has 1 saturated heterocycles. The Morgan fingerprint density at radius 3 is 2.48 bits per heavy atom. The minimum absolute atomic E-state index is 0.0453. The normalized spacial score (nSPS) is 20.2. The van der Waals surface area contributed by atoms with Gasteiger partial charge in [-0.25, -0.2) is 9.18 Å². The number of pyridine rings is 1. The fraction of sp³-hybridized carbons (Fsp3) is 0.457. The predicted octanol–water partition coefficient (Wildman–Crippen LogP) is 6.07. The van der Waals surface area contributed by atoms with Gasteiger partial charge < -0.3 is 19.3 Å². The minimum Gasteiger partial charge on any atom is -0.598 e. The van der Waals surface area contributed by atoms with E-state index in [0.717, 1.165) is 24.8 Å². The zero-order valence-corrected chi connectivity index (χ0v) is 27.6. The second-order valence-electron chi connectivity index (χ2n) is 13.1. The standard InChI is InChI=1S/C35H43FN4O5S/c1-34(2,3)46(43)39-35(18-17-24-13-14-24,31-12-8-9-19-37-31)26-15-16-28(36)29(20-26)38-32(41)30-21-27(44-4)22-40(30)33(42)45-23-25-10-6-5-7-11-25/h5-12,15-16,19-20,24,27,30,39H,13-14,17-18,21-23H2,1-4H3,(H,38,41)/t27-,30-,35?,46?/m1/s1. The van der Waals surface area contributed by atoms with Crippen molar-refractivity contribution in [2.45, 2.75) is 81.9 Å². The first-order chi connectivity index (χ1) is 22.0. The van der Waals surface area contributed by atoms with Gasteiger partial charge in [0.1, 0.15) is 28.8 Å². The molecular formula is C35H43FN4O5S. The highest BCUT2D eigenvalue weighted by Crippen LogP contribution is 2.42. The summed E-state index contributed by atoms with van der Waals surface area (Å²) < 4.78 is 42.9. The highest BCUT2D eigenvalue weighted by molar-refractivity contribution is 7.90. The van der Waals surface area contributed by atoms with E-state index >= 15 is 4.39 Å². The molecule has 5 rings (SSSR count). The average molecular weight is 651 g/mol. The van der Waals surface area contributed by atoms with Crippen molar-refractivity contribution in [3.8, 4) is 0 Å². The van der Waals surface area contributed by atoms with Crippen molar-refractivity contribution in [2.24, 2.45) is 5.92 Å². The van der Waals surface area contributed by atoms with Crippen LogP contribution in [0.15, 0.2) is 72.9 Å². The lowest BCUT2D eigenvalue weighted by atomic mass is 9.82. The molecule has 4 atom stereocenters. The Morgan fingerprint density at radius 2 is 1.83 bits per heavy atom. The van der Waals surface area contributed by atoms with Gasteiger partial charge in [-0.05, 0) is 74.9 Å². The number of rotatable bonds is 12. The summed E-state index contributed by atoms with van der Waals surface area (Å²) in [6, 6.07) is 18.4. The number of carbonyl (C=O) groups excluding carboxylic acids is 2. The SMILES string of the molecule is CO[C@@H]1C[C@H](C(=O)Nc2cc(C(CCC3CC3)(N[S+]([O-])C(C)(C)C)c3ccccn3)ccc2F)N(C(=O)OCc2ccccc2)C1. The van der Waals surface area contributed by atoms with Crippen molar-refractivity contribution >= 4 is 29.0 Å². The summed E-state index contributed by atoms with van der Waals surface area (Å²) >= 11 is -1.50. The number of benzene rings is 2. The smallest absolute Gasteiger partial charge is 0.410 e. The number of amides is 2. The molecule has 9 nitrogen and oxygen atoms in total. The van der Waals surface area contributed by atoms with Gasteiger partial charge in [-0.15, -0.1) is 4.72 Å². The van der Waals surface area contributed by atoms with Crippen molar-refractivity contribution in [1.82, 2.24) is 14.6 Å². The molecular weight excluding hydrogens is 607 g/mol. The first-order valence-electron chi connectivity index (χ1n) is 15.7. The van der Waals surface area contributed by atoms with Gasteiger partial charge in [-0.1, -0.05) is 55.3 Å². The van der Waals surface area contributed by atoms with Crippen molar-refractivity contribution in [2.75, 3.05) is 19.0 Å².